The van der Waals surface area contributed by atoms with Gasteiger partial charge in [-0.2, -0.15) is 0 Å². The second-order valence-corrected chi connectivity index (χ2v) is 6.10. The molecule has 0 aromatic heterocycles. The Balaban J connectivity index is 2.23. The molecule has 1 saturated carbocycles. The average molecular weight is 213 g/mol. The van der Waals surface area contributed by atoms with Gasteiger partial charge in [-0.1, -0.05) is 33.6 Å². The number of hydrogen-bond acceptors (Lipinski definition) is 2. The summed E-state index contributed by atoms with van der Waals surface area (Å²) in [6.07, 6.45) is 6.27. The van der Waals surface area contributed by atoms with Crippen molar-refractivity contribution in [3.05, 3.63) is 0 Å². The smallest absolute Gasteiger partial charge is 0.0474 e. The first-order valence-electron chi connectivity index (χ1n) is 6.37. The van der Waals surface area contributed by atoms with E-state index in [-0.39, 0.29) is 0 Å². The first-order chi connectivity index (χ1) is 7.03. The molecule has 15 heavy (non-hydrogen) atoms. The van der Waals surface area contributed by atoms with Crippen LogP contribution in [0, 0.1) is 11.3 Å². The fourth-order valence-electron chi connectivity index (χ4n) is 2.33. The maximum Gasteiger partial charge on any atom is 0.0474 e. The van der Waals surface area contributed by atoms with Crippen molar-refractivity contribution in [2.75, 3.05) is 13.2 Å². The minimum Gasteiger partial charge on any atom is -0.396 e. The molecular formula is C13H27NO. The van der Waals surface area contributed by atoms with Crippen LogP contribution in [-0.2, 0) is 0 Å². The number of nitrogens with one attached hydrogen (secondary N) is 1. The molecule has 2 N–H and O–H groups in total. The molecule has 1 rings (SSSR count). The summed E-state index contributed by atoms with van der Waals surface area (Å²) in [6, 6.07) is 0.561. The van der Waals surface area contributed by atoms with Gasteiger partial charge in [0.1, 0.15) is 0 Å². The Labute approximate surface area is 94.5 Å². The summed E-state index contributed by atoms with van der Waals surface area (Å²) in [7, 11) is 0. The third kappa shape index (κ3) is 4.98. The Morgan fingerprint density at radius 1 is 1.20 bits per heavy atom. The summed E-state index contributed by atoms with van der Waals surface area (Å²) < 4.78 is 0. The molecule has 2 nitrogen and oxygen atoms in total. The third-order valence-electron chi connectivity index (χ3n) is 3.43. The SMILES string of the molecule is CC(C)(C)CCNC1CCCCC1CO. The van der Waals surface area contributed by atoms with Crippen molar-refractivity contribution in [1.82, 2.24) is 5.32 Å². The second-order valence-electron chi connectivity index (χ2n) is 6.10. The van der Waals surface area contributed by atoms with E-state index in [4.69, 9.17) is 0 Å². The molecular weight excluding hydrogens is 186 g/mol. The van der Waals surface area contributed by atoms with E-state index in [0.717, 1.165) is 6.54 Å². The van der Waals surface area contributed by atoms with Crippen LogP contribution in [0.1, 0.15) is 52.9 Å². The highest BCUT2D eigenvalue weighted by atomic mass is 16.3. The van der Waals surface area contributed by atoms with Crippen LogP contribution in [0.2, 0.25) is 0 Å². The van der Waals surface area contributed by atoms with Crippen molar-refractivity contribution in [3.63, 3.8) is 0 Å². The summed E-state index contributed by atoms with van der Waals surface area (Å²) in [4.78, 5) is 0. The Bertz CT molecular complexity index is 174. The van der Waals surface area contributed by atoms with Gasteiger partial charge in [0.15, 0.2) is 0 Å². The fraction of sp³-hybridized carbons (Fsp3) is 1.00. The van der Waals surface area contributed by atoms with Crippen molar-refractivity contribution in [1.29, 1.82) is 0 Å². The van der Waals surface area contributed by atoms with Gasteiger partial charge in [-0.05, 0) is 37.1 Å². The minimum absolute atomic E-state index is 0.354. The topological polar surface area (TPSA) is 32.3 Å². The van der Waals surface area contributed by atoms with Crippen molar-refractivity contribution >= 4 is 0 Å². The largest absolute Gasteiger partial charge is 0.396 e. The van der Waals surface area contributed by atoms with E-state index >= 15 is 0 Å². The molecule has 1 aliphatic rings. The first-order valence-corrected chi connectivity index (χ1v) is 6.37. The van der Waals surface area contributed by atoms with Crippen LogP contribution >= 0.6 is 0 Å². The van der Waals surface area contributed by atoms with Crippen LogP contribution in [0.3, 0.4) is 0 Å². The molecule has 2 atom stereocenters. The van der Waals surface area contributed by atoms with Crippen LogP contribution in [0.15, 0.2) is 0 Å². The van der Waals surface area contributed by atoms with Gasteiger partial charge in [0.05, 0.1) is 0 Å². The highest BCUT2D eigenvalue weighted by Crippen LogP contribution is 2.24. The van der Waals surface area contributed by atoms with Gasteiger partial charge in [0.25, 0.3) is 0 Å². The first kappa shape index (κ1) is 13.0. The number of hydrogen-bond donors (Lipinski definition) is 2. The summed E-state index contributed by atoms with van der Waals surface area (Å²) in [5.74, 6) is 0.499. The maximum absolute atomic E-state index is 9.28. The highest BCUT2D eigenvalue weighted by Gasteiger charge is 2.24. The predicted molar refractivity (Wildman–Crippen MR) is 64.9 cm³/mol. The molecule has 0 radical (unpaired) electrons. The zero-order valence-electron chi connectivity index (χ0n) is 10.6. The van der Waals surface area contributed by atoms with E-state index in [1.165, 1.54) is 32.1 Å². The zero-order chi connectivity index (χ0) is 11.3. The molecule has 0 spiro atoms. The van der Waals surface area contributed by atoms with Crippen LogP contribution in [-0.4, -0.2) is 24.3 Å². The van der Waals surface area contributed by atoms with E-state index in [0.29, 0.717) is 24.0 Å². The molecule has 2 unspecified atom stereocenters. The highest BCUT2D eigenvalue weighted by molar-refractivity contribution is 4.80. The van der Waals surface area contributed by atoms with Crippen LogP contribution < -0.4 is 5.32 Å². The lowest BCUT2D eigenvalue weighted by molar-refractivity contribution is 0.151. The Morgan fingerprint density at radius 3 is 2.47 bits per heavy atom. The minimum atomic E-state index is 0.354. The third-order valence-corrected chi connectivity index (χ3v) is 3.43. The van der Waals surface area contributed by atoms with Crippen LogP contribution in [0.5, 0.6) is 0 Å². The van der Waals surface area contributed by atoms with E-state index in [9.17, 15) is 5.11 Å². The fourth-order valence-corrected chi connectivity index (χ4v) is 2.33. The maximum atomic E-state index is 9.28. The predicted octanol–water partition coefficient (Wildman–Crippen LogP) is 2.56. The Morgan fingerprint density at radius 2 is 1.87 bits per heavy atom. The molecule has 90 valence electrons. The average Bonchev–Trinajstić information content (AvgIpc) is 2.16. The summed E-state index contributed by atoms with van der Waals surface area (Å²) in [5, 5.41) is 12.9. The van der Waals surface area contributed by atoms with E-state index in [1.807, 2.05) is 0 Å². The van der Waals surface area contributed by atoms with Gasteiger partial charge in [0, 0.05) is 12.6 Å². The standard InChI is InChI=1S/C13H27NO/c1-13(2,3)8-9-14-12-7-5-4-6-11(12)10-15/h11-12,14-15H,4-10H2,1-3H3. The molecule has 0 saturated heterocycles. The molecule has 0 aromatic rings. The van der Waals surface area contributed by atoms with Gasteiger partial charge in [0.2, 0.25) is 0 Å². The lowest BCUT2D eigenvalue weighted by atomic mass is 9.84. The summed E-state index contributed by atoms with van der Waals surface area (Å²) >= 11 is 0. The summed E-state index contributed by atoms with van der Waals surface area (Å²) in [6.45, 7) is 8.27. The van der Waals surface area contributed by atoms with Gasteiger partial charge < -0.3 is 10.4 Å². The van der Waals surface area contributed by atoms with Gasteiger partial charge in [-0.15, -0.1) is 0 Å². The van der Waals surface area contributed by atoms with Gasteiger partial charge >= 0.3 is 0 Å². The van der Waals surface area contributed by atoms with E-state index < -0.39 is 0 Å². The Hall–Kier alpha value is -0.0800. The second kappa shape index (κ2) is 5.86. The molecule has 0 bridgehead atoms. The molecule has 0 heterocycles. The van der Waals surface area contributed by atoms with Crippen LogP contribution in [0.4, 0.5) is 0 Å². The quantitative estimate of drug-likeness (QED) is 0.752. The van der Waals surface area contributed by atoms with Gasteiger partial charge in [-0.25, -0.2) is 0 Å². The number of aliphatic hydroxyl groups is 1. The molecule has 0 amide bonds. The van der Waals surface area contributed by atoms with Crippen molar-refractivity contribution in [2.24, 2.45) is 11.3 Å². The monoisotopic (exact) mass is 213 g/mol. The molecule has 2 heteroatoms. The molecule has 0 aliphatic heterocycles. The van der Waals surface area contributed by atoms with E-state index in [2.05, 4.69) is 26.1 Å². The van der Waals surface area contributed by atoms with Crippen molar-refractivity contribution in [2.45, 2.75) is 58.9 Å². The molecule has 1 aliphatic carbocycles. The molecule has 1 fully saturated rings. The lowest BCUT2D eigenvalue weighted by Crippen LogP contribution is -2.41. The number of aliphatic hydroxyl groups excluding tert-OH is 1. The zero-order valence-corrected chi connectivity index (χ0v) is 10.6. The normalized spacial score (nSPS) is 28.0. The van der Waals surface area contributed by atoms with Crippen molar-refractivity contribution < 1.29 is 5.11 Å². The Kier molecular flexibility index (Phi) is 5.07. The lowest BCUT2D eigenvalue weighted by Gasteiger charge is -2.32. The van der Waals surface area contributed by atoms with Crippen LogP contribution in [0.25, 0.3) is 0 Å². The van der Waals surface area contributed by atoms with E-state index in [1.54, 1.807) is 0 Å². The van der Waals surface area contributed by atoms with Gasteiger partial charge in [-0.3, -0.25) is 0 Å². The molecule has 0 aromatic carbocycles. The van der Waals surface area contributed by atoms with Crippen molar-refractivity contribution in [3.8, 4) is 0 Å². The summed E-state index contributed by atoms with van der Waals surface area (Å²) in [5.41, 5.74) is 0.413. The number of rotatable bonds is 4.